The van der Waals surface area contributed by atoms with Crippen LogP contribution in [-0.2, 0) is 14.4 Å². The predicted octanol–water partition coefficient (Wildman–Crippen LogP) is 2.37. The van der Waals surface area contributed by atoms with E-state index in [-0.39, 0.29) is 17.9 Å². The van der Waals surface area contributed by atoms with Gasteiger partial charge in [0.2, 0.25) is 5.91 Å². The van der Waals surface area contributed by atoms with Crippen molar-refractivity contribution in [3.05, 3.63) is 29.3 Å². The Morgan fingerprint density at radius 3 is 2.45 bits per heavy atom. The molecule has 3 rings (SSSR count). The van der Waals surface area contributed by atoms with Crippen LogP contribution in [0.25, 0.3) is 0 Å². The van der Waals surface area contributed by atoms with E-state index in [1.807, 2.05) is 0 Å². The van der Waals surface area contributed by atoms with Crippen LogP contribution in [0.2, 0.25) is 5.02 Å². The number of nitrogens with two attached hydrogens (primary N) is 2. The van der Waals surface area contributed by atoms with Gasteiger partial charge in [-0.3, -0.25) is 24.3 Å². The van der Waals surface area contributed by atoms with Crippen molar-refractivity contribution in [2.24, 2.45) is 22.4 Å². The fraction of sp³-hybridized carbons (Fsp3) is 0.630. The van der Waals surface area contributed by atoms with Crippen molar-refractivity contribution in [2.75, 3.05) is 31.5 Å². The number of halogens is 1. The number of nitrogens with one attached hydrogen (secondary N) is 3. The number of hydrogen-bond acceptors (Lipinski definition) is 5. The molecule has 2 atom stereocenters. The lowest BCUT2D eigenvalue weighted by atomic mass is 9.78. The summed E-state index contributed by atoms with van der Waals surface area (Å²) in [6.45, 7) is 2.72. The average molecular weight is 548 g/mol. The molecule has 2 aliphatic rings. The zero-order chi connectivity index (χ0) is 27.3. The maximum absolute atomic E-state index is 12.6. The molecule has 1 saturated heterocycles. The van der Waals surface area contributed by atoms with E-state index in [1.54, 1.807) is 24.3 Å². The number of carbonyl (C=O) groups excluding carboxylic acids is 3. The van der Waals surface area contributed by atoms with E-state index in [1.165, 1.54) is 32.1 Å². The Kier molecular flexibility index (Phi) is 12.1. The van der Waals surface area contributed by atoms with E-state index in [4.69, 9.17) is 23.1 Å². The molecule has 2 fully saturated rings. The fourth-order valence-electron chi connectivity index (χ4n) is 5.47. The molecular weight excluding hydrogens is 506 g/mol. The summed E-state index contributed by atoms with van der Waals surface area (Å²) in [6.07, 6.45) is 9.63. The molecule has 3 amide bonds. The smallest absolute Gasteiger partial charge is 0.313 e. The topological polar surface area (TPSA) is 155 Å². The van der Waals surface area contributed by atoms with Gasteiger partial charge >= 0.3 is 11.8 Å². The lowest BCUT2D eigenvalue weighted by molar-refractivity contribution is -0.137. The first kappa shape index (κ1) is 29.7. The maximum Gasteiger partial charge on any atom is 0.313 e. The van der Waals surface area contributed by atoms with Crippen LogP contribution in [-0.4, -0.2) is 66.8 Å². The Labute approximate surface area is 230 Å². The standard InChI is InChI=1S/C27H42ClN7O3/c28-20-9-11-21(12-10-20)33-25(37)26(38)34-22-13-16-35(23(18-22)19-6-2-1-3-7-19)17-15-31-24(36)8-4-5-14-32-27(29)30/h9-12,19,22-23H,1-8,13-18H2,(H,31,36)(H,33,37)(H,34,38)(H4,29,30,32). The number of anilines is 1. The Morgan fingerprint density at radius 2 is 1.74 bits per heavy atom. The number of carbonyl (C=O) groups is 3. The molecule has 1 saturated carbocycles. The second-order valence-electron chi connectivity index (χ2n) is 10.3. The van der Waals surface area contributed by atoms with Gasteiger partial charge in [-0.1, -0.05) is 30.9 Å². The molecule has 0 radical (unpaired) electrons. The van der Waals surface area contributed by atoms with Gasteiger partial charge in [0.15, 0.2) is 5.96 Å². The predicted molar refractivity (Wildman–Crippen MR) is 151 cm³/mol. The third kappa shape index (κ3) is 10.1. The van der Waals surface area contributed by atoms with Crippen LogP contribution < -0.4 is 27.4 Å². The van der Waals surface area contributed by atoms with Gasteiger partial charge in [-0.15, -0.1) is 0 Å². The maximum atomic E-state index is 12.6. The van der Waals surface area contributed by atoms with E-state index < -0.39 is 11.8 Å². The number of amides is 3. The van der Waals surface area contributed by atoms with Gasteiger partial charge < -0.3 is 27.4 Å². The van der Waals surface area contributed by atoms with Crippen LogP contribution in [0, 0.1) is 5.92 Å². The van der Waals surface area contributed by atoms with Crippen LogP contribution in [0.15, 0.2) is 29.3 Å². The highest BCUT2D eigenvalue weighted by Crippen LogP contribution is 2.33. The van der Waals surface area contributed by atoms with Gasteiger partial charge in [-0.25, -0.2) is 0 Å². The quantitative estimate of drug-likeness (QED) is 0.124. The Morgan fingerprint density at radius 1 is 1.00 bits per heavy atom. The highest BCUT2D eigenvalue weighted by molar-refractivity contribution is 6.39. The molecular formula is C27H42ClN7O3. The van der Waals surface area contributed by atoms with Crippen LogP contribution in [0.3, 0.4) is 0 Å². The van der Waals surface area contributed by atoms with E-state index in [2.05, 4.69) is 25.8 Å². The number of aliphatic imine (C=N–C) groups is 1. The first-order valence-corrected chi connectivity index (χ1v) is 14.1. The molecule has 0 bridgehead atoms. The highest BCUT2D eigenvalue weighted by Gasteiger charge is 2.35. The molecule has 2 unspecified atom stereocenters. The van der Waals surface area contributed by atoms with Crippen LogP contribution in [0.4, 0.5) is 5.69 Å². The summed E-state index contributed by atoms with van der Waals surface area (Å²) in [7, 11) is 0. The molecule has 10 nitrogen and oxygen atoms in total. The van der Waals surface area contributed by atoms with Gasteiger partial charge in [0.1, 0.15) is 0 Å². The molecule has 7 N–H and O–H groups in total. The van der Waals surface area contributed by atoms with Crippen molar-refractivity contribution >= 4 is 41.0 Å². The number of rotatable bonds is 11. The average Bonchev–Trinajstić information content (AvgIpc) is 2.90. The minimum Gasteiger partial charge on any atom is -0.370 e. The second-order valence-corrected chi connectivity index (χ2v) is 10.7. The van der Waals surface area contributed by atoms with Gasteiger partial charge in [0.25, 0.3) is 0 Å². The molecule has 1 heterocycles. The lowest BCUT2D eigenvalue weighted by Crippen LogP contribution is -2.55. The number of benzene rings is 1. The zero-order valence-electron chi connectivity index (χ0n) is 22.1. The molecule has 0 spiro atoms. The van der Waals surface area contributed by atoms with E-state index in [0.717, 1.165) is 38.8 Å². The number of unbranched alkanes of at least 4 members (excludes halogenated alkanes) is 1. The van der Waals surface area contributed by atoms with Crippen molar-refractivity contribution in [3.8, 4) is 0 Å². The normalized spacial score (nSPS) is 20.3. The largest absolute Gasteiger partial charge is 0.370 e. The summed E-state index contributed by atoms with van der Waals surface area (Å²) in [5.41, 5.74) is 11.2. The van der Waals surface area contributed by atoms with Crippen LogP contribution in [0.5, 0.6) is 0 Å². The van der Waals surface area contributed by atoms with Gasteiger partial charge in [0.05, 0.1) is 0 Å². The van der Waals surface area contributed by atoms with Crippen molar-refractivity contribution < 1.29 is 14.4 Å². The molecule has 1 aromatic rings. The van der Waals surface area contributed by atoms with Crippen molar-refractivity contribution in [3.63, 3.8) is 0 Å². The number of guanidine groups is 1. The SMILES string of the molecule is NC(N)=NCCCCC(=O)NCCN1CCC(NC(=O)C(=O)Nc2ccc(Cl)cc2)CC1C1CCCCC1. The van der Waals surface area contributed by atoms with E-state index in [9.17, 15) is 14.4 Å². The number of piperidine rings is 1. The molecule has 1 aromatic carbocycles. The highest BCUT2D eigenvalue weighted by atomic mass is 35.5. The second kappa shape index (κ2) is 15.5. The van der Waals surface area contributed by atoms with E-state index in [0.29, 0.717) is 42.2 Å². The Balaban J connectivity index is 1.46. The zero-order valence-corrected chi connectivity index (χ0v) is 22.8. The van der Waals surface area contributed by atoms with Gasteiger partial charge in [-0.2, -0.15) is 0 Å². The number of likely N-dealkylation sites (tertiary alicyclic amines) is 1. The molecule has 0 aromatic heterocycles. The van der Waals surface area contributed by atoms with Crippen LogP contribution >= 0.6 is 11.6 Å². The Hall–Kier alpha value is -2.85. The molecule has 1 aliphatic heterocycles. The first-order chi connectivity index (χ1) is 18.3. The summed E-state index contributed by atoms with van der Waals surface area (Å²) in [5.74, 6) is -0.611. The van der Waals surface area contributed by atoms with E-state index >= 15 is 0 Å². The molecule has 1 aliphatic carbocycles. The van der Waals surface area contributed by atoms with Crippen LogP contribution in [0.1, 0.15) is 64.2 Å². The summed E-state index contributed by atoms with van der Waals surface area (Å²) >= 11 is 5.89. The number of nitrogens with zero attached hydrogens (tertiary/aromatic N) is 2. The van der Waals surface area contributed by atoms with Gasteiger partial charge in [-0.05, 0) is 68.7 Å². The van der Waals surface area contributed by atoms with Crippen molar-refractivity contribution in [2.45, 2.75) is 76.3 Å². The summed E-state index contributed by atoms with van der Waals surface area (Å²) in [5, 5.41) is 9.19. The van der Waals surface area contributed by atoms with Crippen molar-refractivity contribution in [1.82, 2.24) is 15.5 Å². The third-order valence-electron chi connectivity index (χ3n) is 7.42. The monoisotopic (exact) mass is 547 g/mol. The summed E-state index contributed by atoms with van der Waals surface area (Å²) in [6, 6.07) is 6.92. The molecule has 210 valence electrons. The lowest BCUT2D eigenvalue weighted by Gasteiger charge is -2.44. The minimum absolute atomic E-state index is 0.0396. The summed E-state index contributed by atoms with van der Waals surface area (Å²) in [4.78, 5) is 43.7. The van der Waals surface area contributed by atoms with Gasteiger partial charge in [0, 0.05) is 55.4 Å². The molecule has 11 heteroatoms. The third-order valence-corrected chi connectivity index (χ3v) is 7.68. The number of hydrogen-bond donors (Lipinski definition) is 5. The summed E-state index contributed by atoms with van der Waals surface area (Å²) < 4.78 is 0. The minimum atomic E-state index is -0.676. The van der Waals surface area contributed by atoms with Crippen molar-refractivity contribution in [1.29, 1.82) is 0 Å². The fourth-order valence-corrected chi connectivity index (χ4v) is 5.60. The Bertz CT molecular complexity index is 946. The molecule has 38 heavy (non-hydrogen) atoms. The first-order valence-electron chi connectivity index (χ1n) is 13.8.